The van der Waals surface area contributed by atoms with Crippen molar-refractivity contribution in [2.75, 3.05) is 11.9 Å². The Bertz CT molecular complexity index is 983. The van der Waals surface area contributed by atoms with Crippen LogP contribution in [0.25, 0.3) is 0 Å². The first-order valence-electron chi connectivity index (χ1n) is 9.32. The van der Waals surface area contributed by atoms with Crippen LogP contribution in [-0.4, -0.2) is 29.3 Å². The fourth-order valence-corrected chi connectivity index (χ4v) is 3.79. The van der Waals surface area contributed by atoms with E-state index >= 15 is 0 Å². The maximum Gasteiger partial charge on any atom is 0.325 e. The van der Waals surface area contributed by atoms with Gasteiger partial charge in [-0.25, -0.2) is 4.79 Å². The van der Waals surface area contributed by atoms with Gasteiger partial charge in [-0.3, -0.25) is 14.5 Å². The van der Waals surface area contributed by atoms with Crippen LogP contribution < -0.4 is 10.6 Å². The molecule has 6 nitrogen and oxygen atoms in total. The molecule has 2 N–H and O–H groups in total. The molecule has 0 aromatic heterocycles. The van der Waals surface area contributed by atoms with Gasteiger partial charge in [0, 0.05) is 16.3 Å². The van der Waals surface area contributed by atoms with E-state index in [9.17, 15) is 14.4 Å². The first kappa shape index (κ1) is 20.9. The summed E-state index contributed by atoms with van der Waals surface area (Å²) >= 11 is 6.23. The molecule has 1 aliphatic heterocycles. The van der Waals surface area contributed by atoms with Crippen molar-refractivity contribution in [2.45, 2.75) is 38.6 Å². The average molecular weight is 414 g/mol. The fraction of sp³-hybridized carbons (Fsp3) is 0.318. The van der Waals surface area contributed by atoms with Crippen molar-refractivity contribution in [3.63, 3.8) is 0 Å². The van der Waals surface area contributed by atoms with Crippen molar-refractivity contribution in [3.8, 4) is 0 Å². The minimum Gasteiger partial charge on any atom is -0.324 e. The predicted molar refractivity (Wildman–Crippen MR) is 113 cm³/mol. The van der Waals surface area contributed by atoms with Gasteiger partial charge in [-0.15, -0.1) is 0 Å². The van der Waals surface area contributed by atoms with Crippen LogP contribution in [-0.2, 0) is 20.5 Å². The number of nitrogens with zero attached hydrogens (tertiary/aromatic N) is 1. The SMILES string of the molecule is CC(C)(C)c1ccccc1NC(=O)CN1C(=O)NC(C)(c2ccccc2Cl)C1=O. The predicted octanol–water partition coefficient (Wildman–Crippen LogP) is 4.04. The maximum absolute atomic E-state index is 13.0. The van der Waals surface area contributed by atoms with E-state index in [0.29, 0.717) is 16.3 Å². The van der Waals surface area contributed by atoms with Crippen molar-refractivity contribution >= 4 is 35.1 Å². The Hall–Kier alpha value is -2.86. The minimum absolute atomic E-state index is 0.173. The number of hydrogen-bond acceptors (Lipinski definition) is 3. The number of carbonyl (C=O) groups is 3. The first-order chi connectivity index (χ1) is 13.5. The third-order valence-electron chi connectivity index (χ3n) is 5.00. The third-order valence-corrected chi connectivity index (χ3v) is 5.33. The Labute approximate surface area is 175 Å². The standard InChI is InChI=1S/C22H24ClN3O3/c1-21(2,3)15-10-6-8-12-17(15)24-18(27)13-26-19(28)22(4,25-20(26)29)14-9-5-7-11-16(14)23/h5-12H,13H2,1-4H3,(H,24,27)(H,25,29). The summed E-state index contributed by atoms with van der Waals surface area (Å²) in [4.78, 5) is 39.0. The van der Waals surface area contributed by atoms with E-state index in [0.717, 1.165) is 10.5 Å². The molecule has 0 bridgehead atoms. The van der Waals surface area contributed by atoms with E-state index < -0.39 is 23.4 Å². The molecule has 29 heavy (non-hydrogen) atoms. The molecule has 1 heterocycles. The van der Waals surface area contributed by atoms with Crippen LogP contribution in [0, 0.1) is 0 Å². The van der Waals surface area contributed by atoms with Crippen molar-refractivity contribution in [3.05, 3.63) is 64.7 Å². The number of benzene rings is 2. The van der Waals surface area contributed by atoms with Gasteiger partial charge >= 0.3 is 6.03 Å². The van der Waals surface area contributed by atoms with E-state index in [1.165, 1.54) is 0 Å². The molecule has 1 saturated heterocycles. The van der Waals surface area contributed by atoms with Crippen LogP contribution in [0.1, 0.15) is 38.8 Å². The molecule has 0 aliphatic carbocycles. The van der Waals surface area contributed by atoms with E-state index in [1.54, 1.807) is 37.3 Å². The lowest BCUT2D eigenvalue weighted by Crippen LogP contribution is -2.42. The highest BCUT2D eigenvalue weighted by Crippen LogP contribution is 2.33. The van der Waals surface area contributed by atoms with Gasteiger partial charge in [-0.05, 0) is 30.0 Å². The number of imide groups is 1. The zero-order valence-electron chi connectivity index (χ0n) is 16.9. The number of amides is 4. The van der Waals surface area contributed by atoms with Crippen molar-refractivity contribution in [2.24, 2.45) is 0 Å². The molecule has 0 saturated carbocycles. The molecule has 2 aromatic carbocycles. The second-order valence-electron chi connectivity index (χ2n) is 8.27. The van der Waals surface area contributed by atoms with Crippen molar-refractivity contribution < 1.29 is 14.4 Å². The van der Waals surface area contributed by atoms with Gasteiger partial charge < -0.3 is 10.6 Å². The first-order valence-corrected chi connectivity index (χ1v) is 9.70. The lowest BCUT2D eigenvalue weighted by molar-refractivity contribution is -0.133. The van der Waals surface area contributed by atoms with Crippen LogP contribution in [0.4, 0.5) is 10.5 Å². The summed E-state index contributed by atoms with van der Waals surface area (Å²) < 4.78 is 0. The van der Waals surface area contributed by atoms with Crippen LogP contribution in [0.2, 0.25) is 5.02 Å². The summed E-state index contributed by atoms with van der Waals surface area (Å²) in [5.41, 5.74) is 0.616. The molecule has 7 heteroatoms. The van der Waals surface area contributed by atoms with Gasteiger partial charge in [0.25, 0.3) is 5.91 Å². The monoisotopic (exact) mass is 413 g/mol. The average Bonchev–Trinajstić information content (AvgIpc) is 2.85. The summed E-state index contributed by atoms with van der Waals surface area (Å²) in [6.45, 7) is 7.34. The summed E-state index contributed by atoms with van der Waals surface area (Å²) in [6, 6.07) is 13.7. The van der Waals surface area contributed by atoms with E-state index in [4.69, 9.17) is 11.6 Å². The molecule has 1 atom stereocenters. The maximum atomic E-state index is 13.0. The number of hydrogen-bond donors (Lipinski definition) is 2. The Balaban J connectivity index is 1.80. The van der Waals surface area contributed by atoms with Gasteiger partial charge in [0.05, 0.1) is 0 Å². The van der Waals surface area contributed by atoms with Crippen molar-refractivity contribution in [1.29, 1.82) is 0 Å². The zero-order chi connectivity index (χ0) is 21.4. The summed E-state index contributed by atoms with van der Waals surface area (Å²) in [6.07, 6.45) is 0. The smallest absolute Gasteiger partial charge is 0.324 e. The second kappa shape index (κ2) is 7.52. The molecule has 0 radical (unpaired) electrons. The molecule has 4 amide bonds. The van der Waals surface area contributed by atoms with Gasteiger partial charge in [0.2, 0.25) is 5.91 Å². The van der Waals surface area contributed by atoms with Gasteiger partial charge in [-0.2, -0.15) is 0 Å². The van der Waals surface area contributed by atoms with Gasteiger partial charge in [0.1, 0.15) is 12.1 Å². The van der Waals surface area contributed by atoms with E-state index in [-0.39, 0.29) is 12.0 Å². The largest absolute Gasteiger partial charge is 0.325 e. The molecule has 1 fully saturated rings. The Morgan fingerprint density at radius 1 is 1.10 bits per heavy atom. The molecule has 0 spiro atoms. The number of urea groups is 1. The number of halogens is 1. The molecule has 1 aliphatic rings. The number of nitrogens with one attached hydrogen (secondary N) is 2. The molecule has 3 rings (SSSR count). The number of para-hydroxylation sites is 1. The summed E-state index contributed by atoms with van der Waals surface area (Å²) in [7, 11) is 0. The van der Waals surface area contributed by atoms with Crippen molar-refractivity contribution in [1.82, 2.24) is 10.2 Å². The zero-order valence-corrected chi connectivity index (χ0v) is 17.6. The summed E-state index contributed by atoms with van der Waals surface area (Å²) in [5, 5.41) is 5.86. The molecule has 2 aromatic rings. The van der Waals surface area contributed by atoms with E-state index in [1.807, 2.05) is 39.0 Å². The third kappa shape index (κ3) is 3.98. The Morgan fingerprint density at radius 2 is 1.72 bits per heavy atom. The molecular weight excluding hydrogens is 390 g/mol. The quantitative estimate of drug-likeness (QED) is 0.742. The van der Waals surface area contributed by atoms with Crippen LogP contribution in [0.5, 0.6) is 0 Å². The summed E-state index contributed by atoms with van der Waals surface area (Å²) in [5.74, 6) is -0.969. The molecule has 152 valence electrons. The number of carbonyl (C=O) groups excluding carboxylic acids is 3. The molecule has 1 unspecified atom stereocenters. The Morgan fingerprint density at radius 3 is 2.38 bits per heavy atom. The van der Waals surface area contributed by atoms with Crippen LogP contribution in [0.3, 0.4) is 0 Å². The van der Waals surface area contributed by atoms with Gasteiger partial charge in [0.15, 0.2) is 0 Å². The van der Waals surface area contributed by atoms with Gasteiger partial charge in [-0.1, -0.05) is 68.8 Å². The number of anilines is 1. The second-order valence-corrected chi connectivity index (χ2v) is 8.68. The molecular formula is C22H24ClN3O3. The highest BCUT2D eigenvalue weighted by molar-refractivity contribution is 6.32. The van der Waals surface area contributed by atoms with Crippen LogP contribution in [0.15, 0.2) is 48.5 Å². The fourth-order valence-electron chi connectivity index (χ4n) is 3.47. The highest BCUT2D eigenvalue weighted by Gasteiger charge is 2.50. The Kier molecular flexibility index (Phi) is 5.41. The van der Waals surface area contributed by atoms with Crippen LogP contribution >= 0.6 is 11.6 Å². The van der Waals surface area contributed by atoms with E-state index in [2.05, 4.69) is 10.6 Å². The lowest BCUT2D eigenvalue weighted by Gasteiger charge is -2.24. The topological polar surface area (TPSA) is 78.5 Å². The normalized spacial score (nSPS) is 19.3. The highest BCUT2D eigenvalue weighted by atomic mass is 35.5. The minimum atomic E-state index is -1.32. The number of rotatable bonds is 4. The lowest BCUT2D eigenvalue weighted by atomic mass is 9.86.